The lowest BCUT2D eigenvalue weighted by Crippen LogP contribution is -2.15. The molecule has 0 fully saturated rings. The molecule has 0 saturated carbocycles. The first kappa shape index (κ1) is 15.1. The van der Waals surface area contributed by atoms with Crippen LogP contribution in [0.1, 0.15) is 19.4 Å². The number of imidazole rings is 2. The molecule has 1 aromatic carbocycles. The highest BCUT2D eigenvalue weighted by Crippen LogP contribution is 2.19. The Bertz CT molecular complexity index is 757. The largest absolute Gasteiger partial charge is 0.383 e. The van der Waals surface area contributed by atoms with E-state index in [4.69, 9.17) is 5.73 Å². The van der Waals surface area contributed by atoms with E-state index in [0.717, 1.165) is 28.1 Å². The zero-order chi connectivity index (χ0) is 14.1. The molecule has 4 N–H and O–H groups in total. The van der Waals surface area contributed by atoms with Gasteiger partial charge < -0.3 is 15.7 Å². The van der Waals surface area contributed by atoms with Crippen molar-refractivity contribution in [3.63, 3.8) is 0 Å². The maximum atomic E-state index is 5.99. The van der Waals surface area contributed by atoms with Crippen LogP contribution in [0.3, 0.4) is 0 Å². The third kappa shape index (κ3) is 3.05. The van der Waals surface area contributed by atoms with Gasteiger partial charge in [-0.25, -0.2) is 9.97 Å². The molecule has 0 bridgehead atoms. The van der Waals surface area contributed by atoms with Gasteiger partial charge in [-0.1, -0.05) is 0 Å². The smallest absolute Gasteiger partial charge is 0.156 e. The number of nitrogens with two attached hydrogens (primary N) is 1. The molecule has 2 heterocycles. The molecule has 21 heavy (non-hydrogen) atoms. The normalized spacial score (nSPS) is 11.9. The van der Waals surface area contributed by atoms with E-state index in [9.17, 15) is 0 Å². The van der Waals surface area contributed by atoms with Gasteiger partial charge in [-0.05, 0) is 32.0 Å². The average molecular weight is 305 g/mol. The summed E-state index contributed by atoms with van der Waals surface area (Å²) in [4.78, 5) is 19.1. The second-order valence-electron chi connectivity index (χ2n) is 4.89. The Morgan fingerprint density at radius 2 is 2.14 bits per heavy atom. The lowest BCUT2D eigenvalue weighted by Gasteiger charge is -2.03. The van der Waals surface area contributed by atoms with Gasteiger partial charge in [-0.3, -0.25) is 4.99 Å². The van der Waals surface area contributed by atoms with Crippen LogP contribution >= 0.6 is 12.4 Å². The maximum Gasteiger partial charge on any atom is 0.156 e. The molecule has 6 nitrogen and oxygen atoms in total. The summed E-state index contributed by atoms with van der Waals surface area (Å²) in [6.07, 6.45) is 3.36. The number of amidine groups is 1. The van der Waals surface area contributed by atoms with E-state index in [2.05, 4.69) is 24.9 Å². The summed E-state index contributed by atoms with van der Waals surface area (Å²) >= 11 is 0. The zero-order valence-electron chi connectivity index (χ0n) is 11.8. The van der Waals surface area contributed by atoms with Gasteiger partial charge >= 0.3 is 0 Å². The van der Waals surface area contributed by atoms with E-state index >= 15 is 0 Å². The first-order chi connectivity index (χ1) is 9.63. The van der Waals surface area contributed by atoms with Crippen LogP contribution in [0.4, 0.5) is 0 Å². The van der Waals surface area contributed by atoms with Crippen molar-refractivity contribution in [2.75, 3.05) is 0 Å². The lowest BCUT2D eigenvalue weighted by molar-refractivity contribution is 0.834. The summed E-state index contributed by atoms with van der Waals surface area (Å²) < 4.78 is 0. The standard InChI is InChI=1S/C14H16N6.ClH/c1-8(2)18-13(15)9-3-4-10-11(5-9)20-14(19-10)12-6-16-7-17-12;/h3-8H,1-2H3,(H2,15,18)(H,16,17)(H,19,20);1H. The Morgan fingerprint density at radius 3 is 2.81 bits per heavy atom. The number of aromatic nitrogens is 4. The second-order valence-corrected chi connectivity index (χ2v) is 4.89. The number of rotatable bonds is 3. The minimum absolute atomic E-state index is 0. The lowest BCUT2D eigenvalue weighted by atomic mass is 10.2. The summed E-state index contributed by atoms with van der Waals surface area (Å²) in [7, 11) is 0. The summed E-state index contributed by atoms with van der Waals surface area (Å²) in [5.74, 6) is 1.30. The van der Waals surface area contributed by atoms with E-state index in [1.54, 1.807) is 12.5 Å². The van der Waals surface area contributed by atoms with Crippen LogP contribution in [-0.2, 0) is 0 Å². The number of hydrogen-bond donors (Lipinski definition) is 3. The fourth-order valence-electron chi connectivity index (χ4n) is 2.03. The van der Waals surface area contributed by atoms with Gasteiger partial charge in [0.05, 0.1) is 23.6 Å². The molecule has 0 saturated heterocycles. The van der Waals surface area contributed by atoms with Gasteiger partial charge in [-0.15, -0.1) is 12.4 Å². The monoisotopic (exact) mass is 304 g/mol. The number of benzene rings is 1. The van der Waals surface area contributed by atoms with Crippen LogP contribution < -0.4 is 5.73 Å². The van der Waals surface area contributed by atoms with Crippen molar-refractivity contribution in [2.24, 2.45) is 10.7 Å². The fourth-order valence-corrected chi connectivity index (χ4v) is 2.03. The number of halogens is 1. The number of nitrogens with one attached hydrogen (secondary N) is 2. The number of fused-ring (bicyclic) bond motifs is 1. The Labute approximate surface area is 128 Å². The highest BCUT2D eigenvalue weighted by Gasteiger charge is 2.08. The summed E-state index contributed by atoms with van der Waals surface area (Å²) in [5.41, 5.74) is 9.55. The topological polar surface area (TPSA) is 95.7 Å². The SMILES string of the molecule is CC(C)N=C(N)c1ccc2nc(-c3cnc[nH]3)[nH]c2c1.Cl. The molecule has 0 aliphatic carbocycles. The molecule has 3 aromatic rings. The van der Waals surface area contributed by atoms with Gasteiger partial charge in [0.25, 0.3) is 0 Å². The zero-order valence-corrected chi connectivity index (χ0v) is 12.6. The highest BCUT2D eigenvalue weighted by molar-refractivity contribution is 6.00. The van der Waals surface area contributed by atoms with Gasteiger partial charge in [0, 0.05) is 11.6 Å². The highest BCUT2D eigenvalue weighted by atomic mass is 35.5. The summed E-state index contributed by atoms with van der Waals surface area (Å²) in [5, 5.41) is 0. The molecule has 0 spiro atoms. The van der Waals surface area contributed by atoms with Gasteiger partial charge in [0.2, 0.25) is 0 Å². The summed E-state index contributed by atoms with van der Waals surface area (Å²) in [6, 6.07) is 6.00. The number of hydrogen-bond acceptors (Lipinski definition) is 3. The van der Waals surface area contributed by atoms with Crippen LogP contribution in [0, 0.1) is 0 Å². The Balaban J connectivity index is 0.00000161. The molecule has 0 aliphatic rings. The van der Waals surface area contributed by atoms with Crippen molar-refractivity contribution < 1.29 is 0 Å². The van der Waals surface area contributed by atoms with E-state index in [1.165, 1.54) is 0 Å². The van der Waals surface area contributed by atoms with Gasteiger partial charge in [-0.2, -0.15) is 0 Å². The van der Waals surface area contributed by atoms with Crippen LogP contribution in [0.15, 0.2) is 35.7 Å². The maximum absolute atomic E-state index is 5.99. The third-order valence-electron chi connectivity index (χ3n) is 2.93. The molecular formula is C14H17ClN6. The van der Waals surface area contributed by atoms with Crippen molar-refractivity contribution >= 4 is 29.3 Å². The third-order valence-corrected chi connectivity index (χ3v) is 2.93. The van der Waals surface area contributed by atoms with E-state index in [-0.39, 0.29) is 18.4 Å². The van der Waals surface area contributed by atoms with Crippen LogP contribution in [0.5, 0.6) is 0 Å². The quantitative estimate of drug-likeness (QED) is 0.512. The van der Waals surface area contributed by atoms with E-state index in [1.807, 2.05) is 32.0 Å². The molecule has 110 valence electrons. The van der Waals surface area contributed by atoms with E-state index < -0.39 is 0 Å². The van der Waals surface area contributed by atoms with Crippen LogP contribution in [0.25, 0.3) is 22.6 Å². The number of aliphatic imine (C=N–C) groups is 1. The Hall–Kier alpha value is -2.34. The minimum Gasteiger partial charge on any atom is -0.383 e. The Kier molecular flexibility index (Phi) is 4.28. The molecule has 0 atom stereocenters. The molecule has 0 amide bonds. The summed E-state index contributed by atoms with van der Waals surface area (Å²) in [6.45, 7) is 4.00. The number of aromatic amines is 2. The van der Waals surface area contributed by atoms with Crippen molar-refractivity contribution in [1.82, 2.24) is 19.9 Å². The molecule has 0 aliphatic heterocycles. The van der Waals surface area contributed by atoms with Gasteiger partial charge in [0.1, 0.15) is 11.5 Å². The number of nitrogens with zero attached hydrogens (tertiary/aromatic N) is 3. The van der Waals surface area contributed by atoms with Crippen LogP contribution in [-0.4, -0.2) is 31.8 Å². The first-order valence-electron chi connectivity index (χ1n) is 6.45. The second kappa shape index (κ2) is 5.97. The van der Waals surface area contributed by atoms with Gasteiger partial charge in [0.15, 0.2) is 5.82 Å². The van der Waals surface area contributed by atoms with Crippen molar-refractivity contribution in [1.29, 1.82) is 0 Å². The average Bonchev–Trinajstić information content (AvgIpc) is 3.05. The fraction of sp³-hybridized carbons (Fsp3) is 0.214. The Morgan fingerprint density at radius 1 is 1.33 bits per heavy atom. The van der Waals surface area contributed by atoms with Crippen molar-refractivity contribution in [3.8, 4) is 11.5 Å². The molecular weight excluding hydrogens is 288 g/mol. The first-order valence-corrected chi connectivity index (χ1v) is 6.45. The number of H-pyrrole nitrogens is 2. The molecule has 7 heteroatoms. The molecule has 0 unspecified atom stereocenters. The molecule has 0 radical (unpaired) electrons. The minimum atomic E-state index is 0. The van der Waals surface area contributed by atoms with E-state index in [0.29, 0.717) is 5.84 Å². The molecule has 3 rings (SSSR count). The van der Waals surface area contributed by atoms with Crippen molar-refractivity contribution in [3.05, 3.63) is 36.3 Å². The predicted molar refractivity (Wildman–Crippen MR) is 86.8 cm³/mol. The van der Waals surface area contributed by atoms with Crippen molar-refractivity contribution in [2.45, 2.75) is 19.9 Å². The predicted octanol–water partition coefficient (Wildman–Crippen LogP) is 2.49. The van der Waals surface area contributed by atoms with Crippen LogP contribution in [0.2, 0.25) is 0 Å². The molecule has 2 aromatic heterocycles.